The molecule has 0 fully saturated rings. The van der Waals surface area contributed by atoms with Crippen molar-refractivity contribution < 1.29 is 20.1 Å². The summed E-state index contributed by atoms with van der Waals surface area (Å²) < 4.78 is 0. The smallest absolute Gasteiger partial charge is 0.222 e. The van der Waals surface area contributed by atoms with E-state index in [2.05, 4.69) is 31.3 Å². The molecular formula is C40H77NO4. The Kier molecular flexibility index (Phi) is 34.8. The topological polar surface area (TPSA) is 89.8 Å². The molecule has 0 rings (SSSR count). The standard InChI is InChI=1S/C40H77NO4/c1-3-5-7-9-11-13-15-17-19-20-22-24-26-28-30-32-34-39(44)38(36-42)41-40(45)35-37(43)33-31-29-27-25-23-21-18-16-14-12-10-8-6-4-2/h21,23,32,34,37-39,42-44H,3-20,22,24-31,33,35-36H2,1-2H3,(H,41,45)/b23-21-,34-32+. The van der Waals surface area contributed by atoms with Crippen LogP contribution in [-0.2, 0) is 4.79 Å². The van der Waals surface area contributed by atoms with Crippen LogP contribution in [0.3, 0.4) is 0 Å². The maximum absolute atomic E-state index is 12.4. The predicted molar refractivity (Wildman–Crippen MR) is 195 cm³/mol. The van der Waals surface area contributed by atoms with Crippen molar-refractivity contribution in [2.24, 2.45) is 0 Å². The highest BCUT2D eigenvalue weighted by atomic mass is 16.3. The number of aliphatic hydroxyl groups is 3. The van der Waals surface area contributed by atoms with E-state index in [-0.39, 0.29) is 18.9 Å². The van der Waals surface area contributed by atoms with Gasteiger partial charge in [0, 0.05) is 0 Å². The van der Waals surface area contributed by atoms with Crippen molar-refractivity contribution in [1.82, 2.24) is 5.32 Å². The van der Waals surface area contributed by atoms with Crippen LogP contribution in [0.15, 0.2) is 24.3 Å². The Bertz CT molecular complexity index is 665. The van der Waals surface area contributed by atoms with Crippen LogP contribution in [0, 0.1) is 0 Å². The van der Waals surface area contributed by atoms with Crippen molar-refractivity contribution in [3.63, 3.8) is 0 Å². The SMILES string of the molecule is CCCCCCCCC/C=C\CCCCCC(O)CC(=O)NC(CO)C(O)/C=C/CCCCCCCCCCCCCCCC. The summed E-state index contributed by atoms with van der Waals surface area (Å²) in [6, 6.07) is -0.745. The molecule has 0 heterocycles. The lowest BCUT2D eigenvalue weighted by molar-refractivity contribution is -0.124. The highest BCUT2D eigenvalue weighted by Gasteiger charge is 2.20. The Morgan fingerprint density at radius 1 is 0.556 bits per heavy atom. The first kappa shape index (κ1) is 43.8. The van der Waals surface area contributed by atoms with E-state index in [1.165, 1.54) is 135 Å². The van der Waals surface area contributed by atoms with Crippen molar-refractivity contribution >= 4 is 5.91 Å². The number of carbonyl (C=O) groups is 1. The van der Waals surface area contributed by atoms with E-state index in [1.807, 2.05) is 6.08 Å². The minimum Gasteiger partial charge on any atom is -0.394 e. The predicted octanol–water partition coefficient (Wildman–Crippen LogP) is 10.7. The second-order valence-electron chi connectivity index (χ2n) is 13.5. The van der Waals surface area contributed by atoms with Crippen molar-refractivity contribution in [2.75, 3.05) is 6.61 Å². The molecule has 0 saturated carbocycles. The number of amides is 1. The fourth-order valence-corrected chi connectivity index (χ4v) is 5.92. The summed E-state index contributed by atoms with van der Waals surface area (Å²) in [7, 11) is 0. The molecule has 3 unspecified atom stereocenters. The van der Waals surface area contributed by atoms with Gasteiger partial charge in [-0.3, -0.25) is 4.79 Å². The third-order valence-electron chi connectivity index (χ3n) is 8.98. The molecule has 45 heavy (non-hydrogen) atoms. The van der Waals surface area contributed by atoms with Gasteiger partial charge in [0.25, 0.3) is 0 Å². The minimum absolute atomic E-state index is 0.00429. The zero-order valence-electron chi connectivity index (χ0n) is 30.0. The monoisotopic (exact) mass is 636 g/mol. The lowest BCUT2D eigenvalue weighted by atomic mass is 10.0. The first-order valence-electron chi connectivity index (χ1n) is 19.6. The molecule has 0 saturated heterocycles. The van der Waals surface area contributed by atoms with Crippen molar-refractivity contribution in [1.29, 1.82) is 0 Å². The summed E-state index contributed by atoms with van der Waals surface area (Å²) in [4.78, 5) is 12.4. The molecular weight excluding hydrogens is 558 g/mol. The number of allylic oxidation sites excluding steroid dienone is 3. The maximum atomic E-state index is 12.4. The number of hydrogen-bond donors (Lipinski definition) is 4. The lowest BCUT2D eigenvalue weighted by Crippen LogP contribution is -2.45. The molecule has 3 atom stereocenters. The van der Waals surface area contributed by atoms with Gasteiger partial charge in [0.2, 0.25) is 5.91 Å². The summed E-state index contributed by atoms with van der Waals surface area (Å²) in [5, 5.41) is 33.1. The first-order valence-corrected chi connectivity index (χ1v) is 19.6. The van der Waals surface area contributed by atoms with Gasteiger partial charge in [0.1, 0.15) is 0 Å². The molecule has 0 aliphatic rings. The fraction of sp³-hybridized carbons (Fsp3) is 0.875. The molecule has 5 nitrogen and oxygen atoms in total. The van der Waals surface area contributed by atoms with Gasteiger partial charge in [0.15, 0.2) is 0 Å². The van der Waals surface area contributed by atoms with Gasteiger partial charge in [0.05, 0.1) is 31.3 Å². The number of carbonyl (C=O) groups excluding carboxylic acids is 1. The summed E-state index contributed by atoms with van der Waals surface area (Å²) in [6.07, 6.45) is 41.6. The fourth-order valence-electron chi connectivity index (χ4n) is 5.92. The molecule has 0 aliphatic carbocycles. The number of unbranched alkanes of at least 4 members (excludes halogenated alkanes) is 24. The van der Waals surface area contributed by atoms with E-state index in [0.29, 0.717) is 6.42 Å². The normalized spacial score (nSPS) is 14.0. The number of rotatable bonds is 35. The van der Waals surface area contributed by atoms with Crippen LogP contribution in [0.4, 0.5) is 0 Å². The van der Waals surface area contributed by atoms with Crippen LogP contribution < -0.4 is 5.32 Å². The summed E-state index contributed by atoms with van der Waals surface area (Å²) in [6.45, 7) is 4.19. The Morgan fingerprint density at radius 2 is 0.933 bits per heavy atom. The molecule has 0 bridgehead atoms. The lowest BCUT2D eigenvalue weighted by Gasteiger charge is -2.21. The molecule has 266 valence electrons. The average molecular weight is 636 g/mol. The highest BCUT2D eigenvalue weighted by molar-refractivity contribution is 5.76. The van der Waals surface area contributed by atoms with Gasteiger partial charge in [-0.1, -0.05) is 173 Å². The van der Waals surface area contributed by atoms with E-state index < -0.39 is 18.2 Å². The van der Waals surface area contributed by atoms with Crippen LogP contribution in [0.1, 0.15) is 200 Å². The van der Waals surface area contributed by atoms with Gasteiger partial charge in [-0.05, 0) is 44.9 Å². The third-order valence-corrected chi connectivity index (χ3v) is 8.98. The molecule has 0 radical (unpaired) electrons. The van der Waals surface area contributed by atoms with Crippen molar-refractivity contribution in [3.05, 3.63) is 24.3 Å². The van der Waals surface area contributed by atoms with E-state index in [0.717, 1.165) is 38.5 Å². The van der Waals surface area contributed by atoms with Crippen molar-refractivity contribution in [3.8, 4) is 0 Å². The Hall–Kier alpha value is -1.17. The summed E-state index contributed by atoms with van der Waals surface area (Å²) in [5.41, 5.74) is 0. The van der Waals surface area contributed by atoms with Crippen LogP contribution in [-0.4, -0.2) is 46.1 Å². The van der Waals surface area contributed by atoms with Crippen LogP contribution in [0.5, 0.6) is 0 Å². The van der Waals surface area contributed by atoms with E-state index >= 15 is 0 Å². The summed E-state index contributed by atoms with van der Waals surface area (Å²) >= 11 is 0. The molecule has 0 aromatic rings. The van der Waals surface area contributed by atoms with Crippen LogP contribution in [0.25, 0.3) is 0 Å². The Morgan fingerprint density at radius 3 is 1.36 bits per heavy atom. The molecule has 0 aromatic carbocycles. The van der Waals surface area contributed by atoms with Gasteiger partial charge in [-0.15, -0.1) is 0 Å². The van der Waals surface area contributed by atoms with Gasteiger partial charge < -0.3 is 20.6 Å². The Labute approximate surface area is 280 Å². The number of aliphatic hydroxyl groups excluding tert-OH is 3. The summed E-state index contributed by atoms with van der Waals surface area (Å²) in [5.74, 6) is -0.325. The largest absolute Gasteiger partial charge is 0.394 e. The zero-order valence-corrected chi connectivity index (χ0v) is 30.0. The zero-order chi connectivity index (χ0) is 33.1. The van der Waals surface area contributed by atoms with E-state index in [4.69, 9.17) is 0 Å². The second-order valence-corrected chi connectivity index (χ2v) is 13.5. The maximum Gasteiger partial charge on any atom is 0.222 e. The van der Waals surface area contributed by atoms with Crippen molar-refractivity contribution in [2.45, 2.75) is 218 Å². The van der Waals surface area contributed by atoms with E-state index in [9.17, 15) is 20.1 Å². The molecule has 4 N–H and O–H groups in total. The molecule has 0 aromatic heterocycles. The van der Waals surface area contributed by atoms with Crippen LogP contribution >= 0.6 is 0 Å². The van der Waals surface area contributed by atoms with Gasteiger partial charge >= 0.3 is 0 Å². The third kappa shape index (κ3) is 32.6. The second kappa shape index (κ2) is 35.7. The number of nitrogens with one attached hydrogen (secondary N) is 1. The van der Waals surface area contributed by atoms with Gasteiger partial charge in [-0.2, -0.15) is 0 Å². The average Bonchev–Trinajstić information content (AvgIpc) is 3.03. The van der Waals surface area contributed by atoms with Gasteiger partial charge in [-0.25, -0.2) is 0 Å². The molecule has 0 spiro atoms. The Balaban J connectivity index is 3.74. The molecule has 5 heteroatoms. The molecule has 1 amide bonds. The van der Waals surface area contributed by atoms with E-state index in [1.54, 1.807) is 6.08 Å². The quantitative estimate of drug-likeness (QED) is 0.0412. The first-order chi connectivity index (χ1) is 22.0. The minimum atomic E-state index is -0.929. The van der Waals surface area contributed by atoms with Crippen LogP contribution in [0.2, 0.25) is 0 Å². The number of hydrogen-bond acceptors (Lipinski definition) is 4. The molecule has 0 aliphatic heterocycles. The highest BCUT2D eigenvalue weighted by Crippen LogP contribution is 2.14.